The predicted octanol–water partition coefficient (Wildman–Crippen LogP) is 3.62. The van der Waals surface area contributed by atoms with Crippen molar-refractivity contribution in [2.24, 2.45) is 0 Å². The maximum absolute atomic E-state index is 14.1. The van der Waals surface area contributed by atoms with Crippen molar-refractivity contribution in [3.63, 3.8) is 0 Å². The quantitative estimate of drug-likeness (QED) is 0.735. The van der Waals surface area contributed by atoms with E-state index in [1.54, 1.807) is 6.92 Å². The molecule has 0 aliphatic carbocycles. The number of rotatable bonds is 6. The van der Waals surface area contributed by atoms with Crippen LogP contribution in [0.15, 0.2) is 36.4 Å². The number of aryl methyl sites for hydroxylation is 1. The SMILES string of the molecule is COC(=O)CCN(Cc1ccc(F)c(F)c1)C(=O)c1cc(C)ccc1F. The monoisotopic (exact) mass is 365 g/mol. The van der Waals surface area contributed by atoms with Crippen molar-refractivity contribution >= 4 is 11.9 Å². The second kappa shape index (κ2) is 8.51. The van der Waals surface area contributed by atoms with Crippen LogP contribution in [-0.2, 0) is 16.1 Å². The molecular weight excluding hydrogens is 347 g/mol. The molecule has 26 heavy (non-hydrogen) atoms. The van der Waals surface area contributed by atoms with Gasteiger partial charge in [-0.3, -0.25) is 9.59 Å². The van der Waals surface area contributed by atoms with E-state index >= 15 is 0 Å². The van der Waals surface area contributed by atoms with Crippen LogP contribution < -0.4 is 0 Å². The summed E-state index contributed by atoms with van der Waals surface area (Å²) in [7, 11) is 1.21. The lowest BCUT2D eigenvalue weighted by Gasteiger charge is -2.23. The first-order valence-corrected chi connectivity index (χ1v) is 7.88. The van der Waals surface area contributed by atoms with Gasteiger partial charge >= 0.3 is 5.97 Å². The minimum atomic E-state index is -1.05. The highest BCUT2D eigenvalue weighted by molar-refractivity contribution is 5.94. The number of hydrogen-bond acceptors (Lipinski definition) is 3. The molecular formula is C19H18F3NO3. The maximum Gasteiger partial charge on any atom is 0.307 e. The molecule has 0 saturated carbocycles. The highest BCUT2D eigenvalue weighted by Crippen LogP contribution is 2.17. The molecule has 0 heterocycles. The summed E-state index contributed by atoms with van der Waals surface area (Å²) in [6, 6.07) is 7.33. The van der Waals surface area contributed by atoms with Crippen LogP contribution in [-0.4, -0.2) is 30.4 Å². The molecule has 0 atom stereocenters. The standard InChI is InChI=1S/C19H18F3NO3/c1-12-3-5-15(20)14(9-12)19(25)23(8-7-18(24)26-2)11-13-4-6-16(21)17(22)10-13/h3-6,9-10H,7-8,11H2,1-2H3. The first-order valence-electron chi connectivity index (χ1n) is 7.88. The Kier molecular flexibility index (Phi) is 6.38. The van der Waals surface area contributed by atoms with Crippen molar-refractivity contribution in [2.75, 3.05) is 13.7 Å². The fourth-order valence-corrected chi connectivity index (χ4v) is 2.41. The number of carbonyl (C=O) groups is 2. The van der Waals surface area contributed by atoms with Crippen molar-refractivity contribution in [1.82, 2.24) is 4.90 Å². The van der Waals surface area contributed by atoms with Crippen LogP contribution in [0, 0.1) is 24.4 Å². The van der Waals surface area contributed by atoms with Gasteiger partial charge in [-0.15, -0.1) is 0 Å². The fraction of sp³-hybridized carbons (Fsp3) is 0.263. The molecule has 2 rings (SSSR count). The van der Waals surface area contributed by atoms with Crippen LogP contribution in [0.2, 0.25) is 0 Å². The van der Waals surface area contributed by atoms with Gasteiger partial charge in [0.2, 0.25) is 0 Å². The molecule has 0 spiro atoms. The maximum atomic E-state index is 14.1. The Morgan fingerprint density at radius 2 is 1.69 bits per heavy atom. The van der Waals surface area contributed by atoms with Gasteiger partial charge in [-0.05, 0) is 36.8 Å². The molecule has 7 heteroatoms. The third-order valence-corrected chi connectivity index (χ3v) is 3.81. The van der Waals surface area contributed by atoms with Crippen LogP contribution in [0.5, 0.6) is 0 Å². The minimum Gasteiger partial charge on any atom is -0.469 e. The number of ether oxygens (including phenoxy) is 1. The van der Waals surface area contributed by atoms with Gasteiger partial charge in [-0.25, -0.2) is 13.2 Å². The first kappa shape index (κ1) is 19.5. The highest BCUT2D eigenvalue weighted by atomic mass is 19.2. The van der Waals surface area contributed by atoms with Crippen LogP contribution in [0.4, 0.5) is 13.2 Å². The second-order valence-corrected chi connectivity index (χ2v) is 5.78. The van der Waals surface area contributed by atoms with Crippen LogP contribution in [0.1, 0.15) is 27.9 Å². The first-order chi connectivity index (χ1) is 12.3. The number of benzene rings is 2. The number of amides is 1. The summed E-state index contributed by atoms with van der Waals surface area (Å²) in [5, 5.41) is 0. The lowest BCUT2D eigenvalue weighted by atomic mass is 10.1. The van der Waals surface area contributed by atoms with Crippen molar-refractivity contribution in [3.8, 4) is 0 Å². The molecule has 0 aliphatic rings. The van der Waals surface area contributed by atoms with Gasteiger partial charge in [0.25, 0.3) is 5.91 Å². The van der Waals surface area contributed by atoms with Gasteiger partial charge in [-0.2, -0.15) is 0 Å². The van der Waals surface area contributed by atoms with Gasteiger partial charge in [0.05, 0.1) is 19.1 Å². The van der Waals surface area contributed by atoms with Gasteiger partial charge in [0.15, 0.2) is 11.6 Å². The van der Waals surface area contributed by atoms with Gasteiger partial charge < -0.3 is 9.64 Å². The zero-order valence-electron chi connectivity index (χ0n) is 14.4. The number of methoxy groups -OCH3 is 1. The topological polar surface area (TPSA) is 46.6 Å². The Hall–Kier alpha value is -2.83. The molecule has 0 radical (unpaired) electrons. The normalized spacial score (nSPS) is 10.5. The molecule has 2 aromatic carbocycles. The minimum absolute atomic E-state index is 0.0577. The lowest BCUT2D eigenvalue weighted by molar-refractivity contribution is -0.140. The van der Waals surface area contributed by atoms with Gasteiger partial charge in [0.1, 0.15) is 5.82 Å². The van der Waals surface area contributed by atoms with Crippen molar-refractivity contribution in [3.05, 3.63) is 70.5 Å². The number of nitrogens with zero attached hydrogens (tertiary/aromatic N) is 1. The molecule has 0 N–H and O–H groups in total. The Morgan fingerprint density at radius 1 is 1.00 bits per heavy atom. The van der Waals surface area contributed by atoms with E-state index < -0.39 is 29.3 Å². The van der Waals surface area contributed by atoms with E-state index in [1.165, 1.54) is 36.3 Å². The summed E-state index contributed by atoms with van der Waals surface area (Å²) in [6.45, 7) is 1.54. The van der Waals surface area contributed by atoms with Gasteiger partial charge in [-0.1, -0.05) is 17.7 Å². The number of halogens is 3. The lowest BCUT2D eigenvalue weighted by Crippen LogP contribution is -2.33. The zero-order valence-corrected chi connectivity index (χ0v) is 14.4. The van der Waals surface area contributed by atoms with E-state index in [0.29, 0.717) is 11.1 Å². The second-order valence-electron chi connectivity index (χ2n) is 5.78. The molecule has 2 aromatic rings. The molecule has 1 amide bonds. The van der Waals surface area contributed by atoms with Crippen molar-refractivity contribution in [2.45, 2.75) is 19.9 Å². The Morgan fingerprint density at radius 3 is 2.35 bits per heavy atom. The average molecular weight is 365 g/mol. The molecule has 0 bridgehead atoms. The highest BCUT2D eigenvalue weighted by Gasteiger charge is 2.21. The largest absolute Gasteiger partial charge is 0.469 e. The number of esters is 1. The Balaban J connectivity index is 2.29. The summed E-state index contributed by atoms with van der Waals surface area (Å²) in [6.07, 6.45) is -0.112. The third kappa shape index (κ3) is 4.84. The molecule has 0 unspecified atom stereocenters. The van der Waals surface area contributed by atoms with E-state index in [9.17, 15) is 22.8 Å². The molecule has 0 aliphatic heterocycles. The van der Waals surface area contributed by atoms with Crippen LogP contribution >= 0.6 is 0 Å². The third-order valence-electron chi connectivity index (χ3n) is 3.81. The van der Waals surface area contributed by atoms with Gasteiger partial charge in [0, 0.05) is 13.1 Å². The Labute approximate surface area is 149 Å². The summed E-state index contributed by atoms with van der Waals surface area (Å²) >= 11 is 0. The summed E-state index contributed by atoms with van der Waals surface area (Å²) in [5.41, 5.74) is 0.850. The molecule has 138 valence electrons. The molecule has 0 aromatic heterocycles. The Bertz CT molecular complexity index is 824. The molecule has 4 nitrogen and oxygen atoms in total. The molecule has 0 saturated heterocycles. The van der Waals surface area contributed by atoms with E-state index in [-0.39, 0.29) is 25.1 Å². The summed E-state index contributed by atoms with van der Waals surface area (Å²) in [5.74, 6) is -3.96. The van der Waals surface area contributed by atoms with Crippen molar-refractivity contribution in [1.29, 1.82) is 0 Å². The van der Waals surface area contributed by atoms with E-state index in [1.807, 2.05) is 0 Å². The summed E-state index contributed by atoms with van der Waals surface area (Å²) in [4.78, 5) is 25.3. The predicted molar refractivity (Wildman–Crippen MR) is 88.9 cm³/mol. The summed E-state index contributed by atoms with van der Waals surface area (Å²) < 4.78 is 45.1. The van der Waals surface area contributed by atoms with Crippen molar-refractivity contribution < 1.29 is 27.5 Å². The fourth-order valence-electron chi connectivity index (χ4n) is 2.41. The number of hydrogen-bond donors (Lipinski definition) is 0. The van der Waals surface area contributed by atoms with E-state index in [0.717, 1.165) is 12.1 Å². The smallest absolute Gasteiger partial charge is 0.307 e. The van der Waals surface area contributed by atoms with E-state index in [4.69, 9.17) is 0 Å². The molecule has 0 fully saturated rings. The number of carbonyl (C=O) groups excluding carboxylic acids is 2. The average Bonchev–Trinajstić information content (AvgIpc) is 2.62. The van der Waals surface area contributed by atoms with Crippen LogP contribution in [0.25, 0.3) is 0 Å². The van der Waals surface area contributed by atoms with Crippen LogP contribution in [0.3, 0.4) is 0 Å². The zero-order chi connectivity index (χ0) is 19.3. The van der Waals surface area contributed by atoms with E-state index in [2.05, 4.69) is 4.74 Å².